The van der Waals surface area contributed by atoms with E-state index < -0.39 is 5.97 Å². The fraction of sp³-hybridized carbons (Fsp3) is 0.500. The summed E-state index contributed by atoms with van der Waals surface area (Å²) in [5.41, 5.74) is 1.63. The van der Waals surface area contributed by atoms with Crippen LogP contribution in [0.1, 0.15) is 30.4 Å². The predicted octanol–water partition coefficient (Wildman–Crippen LogP) is 1.32. The van der Waals surface area contributed by atoms with Crippen molar-refractivity contribution in [3.05, 3.63) is 35.4 Å². The molecule has 21 heavy (non-hydrogen) atoms. The topological polar surface area (TPSA) is 78.4 Å². The third kappa shape index (κ3) is 5.19. The quantitative estimate of drug-likeness (QED) is 0.738. The number of carboxylic acid groups (broad SMARTS) is 1. The van der Waals surface area contributed by atoms with Crippen molar-refractivity contribution in [3.63, 3.8) is 0 Å². The van der Waals surface area contributed by atoms with Crippen molar-refractivity contribution < 1.29 is 14.7 Å². The first-order chi connectivity index (χ1) is 10.1. The van der Waals surface area contributed by atoms with E-state index >= 15 is 0 Å². The van der Waals surface area contributed by atoms with E-state index in [-0.39, 0.29) is 12.3 Å². The average molecular weight is 290 g/mol. The molecule has 0 unspecified atom stereocenters. The fourth-order valence-electron chi connectivity index (χ4n) is 2.68. The van der Waals surface area contributed by atoms with E-state index in [1.54, 1.807) is 6.07 Å². The number of benzene rings is 1. The maximum atomic E-state index is 12.0. The molecule has 0 atom stereocenters. The van der Waals surface area contributed by atoms with Crippen molar-refractivity contribution in [3.8, 4) is 0 Å². The van der Waals surface area contributed by atoms with Crippen LogP contribution >= 0.6 is 0 Å². The zero-order chi connectivity index (χ0) is 15.1. The van der Waals surface area contributed by atoms with Crippen LogP contribution in [0.15, 0.2) is 24.3 Å². The first kappa shape index (κ1) is 15.5. The number of hydrogen-bond acceptors (Lipinski definition) is 3. The Morgan fingerprint density at radius 1 is 1.19 bits per heavy atom. The minimum absolute atomic E-state index is 0.0136. The molecule has 1 fully saturated rings. The molecule has 1 aliphatic heterocycles. The highest BCUT2D eigenvalue weighted by molar-refractivity contribution is 5.76. The van der Waals surface area contributed by atoms with Crippen LogP contribution in [0.4, 0.5) is 0 Å². The number of aliphatic carboxylic acids is 1. The predicted molar refractivity (Wildman–Crippen MR) is 79.8 cm³/mol. The molecule has 0 aromatic heterocycles. The first-order valence-electron chi connectivity index (χ1n) is 7.41. The van der Waals surface area contributed by atoms with Gasteiger partial charge in [0.25, 0.3) is 0 Å². The number of carbonyl (C=O) groups is 2. The summed E-state index contributed by atoms with van der Waals surface area (Å²) in [5, 5.41) is 15.1. The summed E-state index contributed by atoms with van der Waals surface area (Å²) in [6.07, 6.45) is 2.63. The van der Waals surface area contributed by atoms with Crippen LogP contribution in [0.5, 0.6) is 0 Å². The lowest BCUT2D eigenvalue weighted by Crippen LogP contribution is -2.32. The highest BCUT2D eigenvalue weighted by Crippen LogP contribution is 2.16. The summed E-state index contributed by atoms with van der Waals surface area (Å²) < 4.78 is 0. The van der Waals surface area contributed by atoms with E-state index in [1.807, 2.05) is 18.2 Å². The molecule has 1 aromatic carbocycles. The normalized spacial score (nSPS) is 15.6. The summed E-state index contributed by atoms with van der Waals surface area (Å²) in [6.45, 7) is 2.37. The van der Waals surface area contributed by atoms with Crippen LogP contribution in [-0.4, -0.2) is 30.1 Å². The van der Waals surface area contributed by atoms with E-state index in [1.165, 1.54) is 0 Å². The van der Waals surface area contributed by atoms with E-state index in [0.29, 0.717) is 18.9 Å². The van der Waals surface area contributed by atoms with Crippen molar-refractivity contribution in [1.82, 2.24) is 10.6 Å². The van der Waals surface area contributed by atoms with Gasteiger partial charge in [-0.05, 0) is 43.0 Å². The molecule has 1 heterocycles. The number of nitrogens with one attached hydrogen (secondary N) is 2. The molecule has 1 aliphatic rings. The zero-order valence-electron chi connectivity index (χ0n) is 12.1. The van der Waals surface area contributed by atoms with Gasteiger partial charge in [0.1, 0.15) is 0 Å². The highest BCUT2D eigenvalue weighted by Gasteiger charge is 2.16. The van der Waals surface area contributed by atoms with Gasteiger partial charge in [-0.2, -0.15) is 0 Å². The van der Waals surface area contributed by atoms with Crippen LogP contribution in [0.2, 0.25) is 0 Å². The van der Waals surface area contributed by atoms with Crippen molar-refractivity contribution in [2.24, 2.45) is 5.92 Å². The minimum atomic E-state index is -0.858. The molecule has 2 rings (SSSR count). The van der Waals surface area contributed by atoms with Crippen LogP contribution in [0, 0.1) is 5.92 Å². The second-order valence-electron chi connectivity index (χ2n) is 5.51. The van der Waals surface area contributed by atoms with Gasteiger partial charge < -0.3 is 15.7 Å². The lowest BCUT2D eigenvalue weighted by atomic mass is 9.94. The molecule has 0 radical (unpaired) electrons. The Bertz CT molecular complexity index is 496. The van der Waals surface area contributed by atoms with Gasteiger partial charge in [-0.1, -0.05) is 24.3 Å². The zero-order valence-corrected chi connectivity index (χ0v) is 12.1. The SMILES string of the molecule is O=C(O)Cc1ccccc1CNC(=O)CC1CCNCC1. The molecule has 5 heteroatoms. The van der Waals surface area contributed by atoms with Crippen molar-refractivity contribution in [2.45, 2.75) is 32.2 Å². The van der Waals surface area contributed by atoms with Gasteiger partial charge in [0.05, 0.1) is 6.42 Å². The van der Waals surface area contributed by atoms with Gasteiger partial charge in [0.15, 0.2) is 0 Å². The maximum Gasteiger partial charge on any atom is 0.307 e. The van der Waals surface area contributed by atoms with Gasteiger partial charge >= 0.3 is 5.97 Å². The molecule has 1 saturated heterocycles. The molecule has 5 nitrogen and oxygen atoms in total. The van der Waals surface area contributed by atoms with Gasteiger partial charge in [-0.25, -0.2) is 0 Å². The Labute approximate surface area is 124 Å². The second kappa shape index (κ2) is 7.78. The van der Waals surface area contributed by atoms with Crippen molar-refractivity contribution in [1.29, 1.82) is 0 Å². The third-order valence-electron chi connectivity index (χ3n) is 3.87. The third-order valence-corrected chi connectivity index (χ3v) is 3.87. The summed E-state index contributed by atoms with van der Waals surface area (Å²) in [5.74, 6) is -0.351. The standard InChI is InChI=1S/C16H22N2O3/c19-15(9-12-5-7-17-8-6-12)18-11-14-4-2-1-3-13(14)10-16(20)21/h1-4,12,17H,5-11H2,(H,18,19)(H,20,21). The molecule has 3 N–H and O–H groups in total. The molecule has 1 aromatic rings. The number of hydrogen-bond donors (Lipinski definition) is 3. The van der Waals surface area contributed by atoms with Gasteiger partial charge in [-0.15, -0.1) is 0 Å². The van der Waals surface area contributed by atoms with Gasteiger partial charge in [0.2, 0.25) is 5.91 Å². The molecule has 0 spiro atoms. The van der Waals surface area contributed by atoms with Crippen LogP contribution in [0.3, 0.4) is 0 Å². The number of carbonyl (C=O) groups excluding carboxylic acids is 1. The number of rotatable bonds is 6. The molecule has 0 aliphatic carbocycles. The largest absolute Gasteiger partial charge is 0.481 e. The van der Waals surface area contributed by atoms with Crippen LogP contribution < -0.4 is 10.6 Å². The summed E-state index contributed by atoms with van der Waals surface area (Å²) >= 11 is 0. The molecule has 114 valence electrons. The minimum Gasteiger partial charge on any atom is -0.481 e. The Morgan fingerprint density at radius 3 is 2.52 bits per heavy atom. The van der Waals surface area contributed by atoms with Crippen molar-refractivity contribution >= 4 is 11.9 Å². The van der Waals surface area contributed by atoms with E-state index in [4.69, 9.17) is 5.11 Å². The van der Waals surface area contributed by atoms with E-state index in [2.05, 4.69) is 10.6 Å². The lowest BCUT2D eigenvalue weighted by molar-refractivity contribution is -0.136. The van der Waals surface area contributed by atoms with Gasteiger partial charge in [0, 0.05) is 13.0 Å². The molecular formula is C16H22N2O3. The van der Waals surface area contributed by atoms with Crippen LogP contribution in [0.25, 0.3) is 0 Å². The van der Waals surface area contributed by atoms with E-state index in [9.17, 15) is 9.59 Å². The Balaban J connectivity index is 1.84. The summed E-state index contributed by atoms with van der Waals surface area (Å²) in [7, 11) is 0. The average Bonchev–Trinajstić information content (AvgIpc) is 2.47. The summed E-state index contributed by atoms with van der Waals surface area (Å²) in [6, 6.07) is 7.34. The highest BCUT2D eigenvalue weighted by atomic mass is 16.4. The lowest BCUT2D eigenvalue weighted by Gasteiger charge is -2.22. The fourth-order valence-corrected chi connectivity index (χ4v) is 2.68. The molecule has 1 amide bonds. The Morgan fingerprint density at radius 2 is 1.86 bits per heavy atom. The number of piperidine rings is 1. The van der Waals surface area contributed by atoms with E-state index in [0.717, 1.165) is 37.1 Å². The molecule has 0 bridgehead atoms. The Hall–Kier alpha value is -1.88. The van der Waals surface area contributed by atoms with Crippen molar-refractivity contribution in [2.75, 3.05) is 13.1 Å². The van der Waals surface area contributed by atoms with Crippen LogP contribution in [-0.2, 0) is 22.6 Å². The number of carboxylic acids is 1. The monoisotopic (exact) mass is 290 g/mol. The first-order valence-corrected chi connectivity index (χ1v) is 7.41. The molecule has 0 saturated carbocycles. The number of amides is 1. The summed E-state index contributed by atoms with van der Waals surface area (Å²) in [4.78, 5) is 22.8. The smallest absolute Gasteiger partial charge is 0.307 e. The Kier molecular flexibility index (Phi) is 5.75. The molecular weight excluding hydrogens is 268 g/mol. The van der Waals surface area contributed by atoms with Gasteiger partial charge in [-0.3, -0.25) is 9.59 Å². The second-order valence-corrected chi connectivity index (χ2v) is 5.51. The maximum absolute atomic E-state index is 12.0.